The summed E-state index contributed by atoms with van der Waals surface area (Å²) >= 11 is 0. The Hall–Kier alpha value is -1.03. The van der Waals surface area contributed by atoms with E-state index in [9.17, 15) is 30.3 Å². The second kappa shape index (κ2) is 22.5. The fraction of sp³-hybridized carbons (Fsp3) is 0.914. The first-order chi connectivity index (χ1) is 20.7. The maximum Gasteiger partial charge on any atom is 0.334 e. The van der Waals surface area contributed by atoms with Gasteiger partial charge in [0.15, 0.2) is 0 Å². The van der Waals surface area contributed by atoms with Crippen molar-refractivity contribution in [1.82, 2.24) is 0 Å². The predicted octanol–water partition coefficient (Wildman–Crippen LogP) is 6.03. The summed E-state index contributed by atoms with van der Waals surface area (Å²) in [6, 6.07) is 0. The minimum atomic E-state index is -1.45. The molecule has 2 heterocycles. The zero-order valence-electron chi connectivity index (χ0n) is 27.2. The van der Waals surface area contributed by atoms with Crippen molar-refractivity contribution in [2.45, 2.75) is 204 Å². The van der Waals surface area contributed by atoms with Crippen LogP contribution in [0.4, 0.5) is 0 Å². The molecule has 0 radical (unpaired) electrons. The van der Waals surface area contributed by atoms with Gasteiger partial charge in [-0.2, -0.15) is 0 Å². The largest absolute Gasteiger partial charge is 0.455 e. The van der Waals surface area contributed by atoms with E-state index in [1.165, 1.54) is 64.2 Å². The summed E-state index contributed by atoms with van der Waals surface area (Å²) < 4.78 is 11.1. The van der Waals surface area contributed by atoms with Crippen LogP contribution in [0.15, 0.2) is 11.6 Å². The maximum atomic E-state index is 11.7. The Morgan fingerprint density at radius 3 is 1.88 bits per heavy atom. The molecule has 8 heteroatoms. The van der Waals surface area contributed by atoms with Crippen LogP contribution in [0.2, 0.25) is 0 Å². The number of carbonyl (C=O) groups excluding carboxylic acids is 1. The molecule has 0 spiro atoms. The lowest BCUT2D eigenvalue weighted by molar-refractivity contribution is -0.144. The topological polar surface area (TPSA) is 137 Å². The lowest BCUT2D eigenvalue weighted by atomic mass is 9.95. The number of esters is 1. The second-order valence-electron chi connectivity index (χ2n) is 13.2. The van der Waals surface area contributed by atoms with E-state index in [1.807, 2.05) is 0 Å². The lowest BCUT2D eigenvalue weighted by Gasteiger charge is -2.29. The Bertz CT molecular complexity index is 758. The van der Waals surface area contributed by atoms with Crippen LogP contribution < -0.4 is 0 Å². The number of hydrogen-bond donors (Lipinski definition) is 5. The second-order valence-corrected chi connectivity index (χ2v) is 13.2. The highest BCUT2D eigenvalue weighted by atomic mass is 16.5. The molecule has 0 aromatic carbocycles. The van der Waals surface area contributed by atoms with Gasteiger partial charge in [0.1, 0.15) is 24.4 Å². The van der Waals surface area contributed by atoms with Gasteiger partial charge in [-0.3, -0.25) is 0 Å². The van der Waals surface area contributed by atoms with Gasteiger partial charge in [0, 0.05) is 12.0 Å². The Labute approximate surface area is 261 Å². The molecular weight excluding hydrogens is 548 g/mol. The molecule has 8 atom stereocenters. The van der Waals surface area contributed by atoms with Crippen LogP contribution in [0.1, 0.15) is 155 Å². The zero-order chi connectivity index (χ0) is 31.5. The number of carbonyl (C=O) groups is 1. The number of aliphatic hydroxyl groups is 5. The fourth-order valence-corrected chi connectivity index (χ4v) is 6.45. The molecule has 2 aliphatic rings. The van der Waals surface area contributed by atoms with Crippen molar-refractivity contribution in [3.05, 3.63) is 11.6 Å². The van der Waals surface area contributed by atoms with Crippen LogP contribution >= 0.6 is 0 Å². The summed E-state index contributed by atoms with van der Waals surface area (Å²) in [4.78, 5) is 11.7. The number of aliphatic hydroxyl groups excluding tert-OH is 5. The number of hydrogen-bond acceptors (Lipinski definition) is 8. The van der Waals surface area contributed by atoms with Crippen molar-refractivity contribution in [1.29, 1.82) is 0 Å². The molecule has 2 aliphatic heterocycles. The summed E-state index contributed by atoms with van der Waals surface area (Å²) in [5, 5.41) is 52.3. The zero-order valence-corrected chi connectivity index (χ0v) is 27.2. The van der Waals surface area contributed by atoms with Gasteiger partial charge in [0.25, 0.3) is 0 Å². The van der Waals surface area contributed by atoms with Crippen molar-refractivity contribution in [2.75, 3.05) is 0 Å². The van der Waals surface area contributed by atoms with Crippen molar-refractivity contribution >= 4 is 5.97 Å². The van der Waals surface area contributed by atoms with Crippen molar-refractivity contribution in [3.63, 3.8) is 0 Å². The van der Waals surface area contributed by atoms with Crippen LogP contribution in [0.25, 0.3) is 0 Å². The smallest absolute Gasteiger partial charge is 0.334 e. The van der Waals surface area contributed by atoms with E-state index in [0.717, 1.165) is 51.4 Å². The molecule has 0 amide bonds. The van der Waals surface area contributed by atoms with Gasteiger partial charge in [-0.15, -0.1) is 0 Å². The number of unbranched alkanes of at least 4 members (excludes halogenated alkanes) is 14. The van der Waals surface area contributed by atoms with E-state index in [4.69, 9.17) is 9.47 Å². The molecular formula is C35H64O8. The molecule has 8 nitrogen and oxygen atoms in total. The molecule has 1 saturated heterocycles. The Balaban J connectivity index is 1.48. The van der Waals surface area contributed by atoms with Gasteiger partial charge in [-0.05, 0) is 45.1 Å². The third-order valence-corrected chi connectivity index (χ3v) is 9.23. The Kier molecular flexibility index (Phi) is 19.9. The number of ether oxygens (including phenoxy) is 2. The third kappa shape index (κ3) is 15.7. The van der Waals surface area contributed by atoms with E-state index < -0.39 is 36.6 Å². The van der Waals surface area contributed by atoms with Crippen LogP contribution in [0.5, 0.6) is 0 Å². The van der Waals surface area contributed by atoms with Gasteiger partial charge in [0.2, 0.25) is 0 Å². The van der Waals surface area contributed by atoms with Gasteiger partial charge < -0.3 is 35.0 Å². The molecule has 0 unspecified atom stereocenters. The number of cyclic esters (lactones) is 1. The summed E-state index contributed by atoms with van der Waals surface area (Å²) in [5.41, 5.74) is 0.559. The van der Waals surface area contributed by atoms with Crippen molar-refractivity contribution in [3.8, 4) is 0 Å². The molecule has 0 aromatic heterocycles. The van der Waals surface area contributed by atoms with Gasteiger partial charge >= 0.3 is 5.97 Å². The highest BCUT2D eigenvalue weighted by Gasteiger charge is 2.38. The SMILES string of the molecule is CCCCCCCCCCCCCCC[C@H](O)[C@H](O)[C@@H](O)[C@@H](O)[C@@H]1CC[C@@H](CCCCC[C@H](O)CC2=C[C@@H](C)OC2=O)O1. The average Bonchev–Trinajstić information content (AvgIpc) is 3.59. The average molecular weight is 613 g/mol. The van der Waals surface area contributed by atoms with E-state index in [2.05, 4.69) is 6.92 Å². The highest BCUT2D eigenvalue weighted by molar-refractivity contribution is 5.90. The van der Waals surface area contributed by atoms with Gasteiger partial charge in [-0.1, -0.05) is 110 Å². The normalized spacial score (nSPS) is 24.0. The first-order valence-electron chi connectivity index (χ1n) is 17.7. The number of rotatable bonds is 26. The molecule has 2 rings (SSSR count). The quantitative estimate of drug-likeness (QED) is 0.0590. The van der Waals surface area contributed by atoms with Crippen molar-refractivity contribution < 1.29 is 39.8 Å². The maximum absolute atomic E-state index is 11.7. The predicted molar refractivity (Wildman–Crippen MR) is 170 cm³/mol. The summed E-state index contributed by atoms with van der Waals surface area (Å²) in [7, 11) is 0. The van der Waals surface area contributed by atoms with Gasteiger partial charge in [-0.25, -0.2) is 4.79 Å². The molecule has 0 saturated carbocycles. The molecule has 43 heavy (non-hydrogen) atoms. The van der Waals surface area contributed by atoms with Crippen molar-refractivity contribution in [2.24, 2.45) is 0 Å². The van der Waals surface area contributed by atoms with Crippen LogP contribution in [0.3, 0.4) is 0 Å². The Morgan fingerprint density at radius 2 is 1.30 bits per heavy atom. The van der Waals surface area contributed by atoms with Crippen LogP contribution in [-0.4, -0.2) is 80.3 Å². The molecule has 5 N–H and O–H groups in total. The molecule has 0 aromatic rings. The van der Waals surface area contributed by atoms with E-state index in [0.29, 0.717) is 31.3 Å². The fourth-order valence-electron chi connectivity index (χ4n) is 6.45. The first kappa shape index (κ1) is 38.2. The van der Waals surface area contributed by atoms with Crippen LogP contribution in [-0.2, 0) is 14.3 Å². The van der Waals surface area contributed by atoms with Gasteiger partial charge in [0.05, 0.1) is 24.4 Å². The minimum absolute atomic E-state index is 0.00969. The molecule has 0 bridgehead atoms. The molecule has 252 valence electrons. The minimum Gasteiger partial charge on any atom is -0.455 e. The lowest BCUT2D eigenvalue weighted by Crippen LogP contribution is -2.49. The van der Waals surface area contributed by atoms with E-state index in [1.54, 1.807) is 13.0 Å². The summed E-state index contributed by atoms with van der Waals surface area (Å²) in [6.45, 7) is 4.05. The molecule has 0 aliphatic carbocycles. The third-order valence-electron chi connectivity index (χ3n) is 9.23. The summed E-state index contributed by atoms with van der Waals surface area (Å²) in [5.74, 6) is -0.330. The summed E-state index contributed by atoms with van der Waals surface area (Å²) in [6.07, 6.45) is 17.7. The highest BCUT2D eigenvalue weighted by Crippen LogP contribution is 2.29. The van der Waals surface area contributed by atoms with Crippen LogP contribution in [0, 0.1) is 0 Å². The standard InChI is InChI=1S/C35H64O8/c1-3-4-5-6-7-8-9-10-11-12-13-14-18-21-30(37)32(38)34(40)33(39)31-23-22-29(43-31)20-17-15-16-19-28(36)25-27-24-26(2)42-35(27)41/h24,26,28-34,36-40H,3-23,25H2,1-2H3/t26-,28+,29-,30+,31+,32+,33+,34-/m1/s1. The van der Waals surface area contributed by atoms with E-state index >= 15 is 0 Å². The first-order valence-corrected chi connectivity index (χ1v) is 17.7. The van der Waals surface area contributed by atoms with E-state index in [-0.39, 0.29) is 18.2 Å². The molecule has 1 fully saturated rings. The Morgan fingerprint density at radius 1 is 0.744 bits per heavy atom. The monoisotopic (exact) mass is 612 g/mol.